The van der Waals surface area contributed by atoms with Gasteiger partial charge in [-0.2, -0.15) is 0 Å². The van der Waals surface area contributed by atoms with Gasteiger partial charge in [0.1, 0.15) is 29.6 Å². The molecule has 1 aliphatic heterocycles. The standard InChI is InChI=1S/C29H24N2O4S/c1-33-26-14-11-19(15-22(26)18-35-23-13-12-20-7-3-4-8-21(20)17-23)16-24-28(32)31(29(36)30-24)25-9-5-6-10-27(25)34-2/h3-17H,18H2,1-2H3,(H,30,36)/b24-16+. The zero-order chi connectivity index (χ0) is 25.1. The predicted molar refractivity (Wildman–Crippen MR) is 145 cm³/mol. The van der Waals surface area contributed by atoms with Crippen LogP contribution in [-0.2, 0) is 11.4 Å². The van der Waals surface area contributed by atoms with E-state index in [2.05, 4.69) is 17.4 Å². The van der Waals surface area contributed by atoms with Crippen molar-refractivity contribution in [3.63, 3.8) is 0 Å². The van der Waals surface area contributed by atoms with Gasteiger partial charge < -0.3 is 19.5 Å². The van der Waals surface area contributed by atoms with Gasteiger partial charge in [0.25, 0.3) is 5.91 Å². The molecule has 0 saturated carbocycles. The van der Waals surface area contributed by atoms with Crippen LogP contribution in [0.3, 0.4) is 0 Å². The van der Waals surface area contributed by atoms with E-state index in [9.17, 15) is 4.79 Å². The zero-order valence-corrected chi connectivity index (χ0v) is 20.7. The molecule has 7 heteroatoms. The van der Waals surface area contributed by atoms with Crippen LogP contribution in [0, 0.1) is 0 Å². The third-order valence-corrected chi connectivity index (χ3v) is 6.22. The third kappa shape index (κ3) is 4.61. The Hall–Kier alpha value is -4.36. The van der Waals surface area contributed by atoms with Crippen molar-refractivity contribution in [2.24, 2.45) is 0 Å². The molecule has 1 N–H and O–H groups in total. The van der Waals surface area contributed by atoms with Crippen molar-refractivity contribution in [2.45, 2.75) is 6.61 Å². The monoisotopic (exact) mass is 496 g/mol. The van der Waals surface area contributed by atoms with Gasteiger partial charge in [0.05, 0.1) is 19.9 Å². The maximum atomic E-state index is 13.2. The van der Waals surface area contributed by atoms with E-state index in [1.165, 1.54) is 4.90 Å². The van der Waals surface area contributed by atoms with Crippen molar-refractivity contribution in [3.8, 4) is 17.2 Å². The maximum absolute atomic E-state index is 13.2. The van der Waals surface area contributed by atoms with Crippen LogP contribution in [-0.4, -0.2) is 25.2 Å². The van der Waals surface area contributed by atoms with E-state index in [1.807, 2.05) is 60.7 Å². The van der Waals surface area contributed by atoms with Gasteiger partial charge in [-0.1, -0.05) is 48.5 Å². The molecule has 0 bridgehead atoms. The normalized spacial score (nSPS) is 14.3. The zero-order valence-electron chi connectivity index (χ0n) is 19.9. The van der Waals surface area contributed by atoms with Crippen LogP contribution in [0.5, 0.6) is 17.2 Å². The van der Waals surface area contributed by atoms with Crippen molar-refractivity contribution in [1.29, 1.82) is 0 Å². The van der Waals surface area contributed by atoms with E-state index in [0.717, 1.165) is 27.6 Å². The molecule has 0 aliphatic carbocycles. The molecule has 6 nitrogen and oxygen atoms in total. The number of amides is 1. The molecule has 0 aromatic heterocycles. The van der Waals surface area contributed by atoms with Crippen LogP contribution in [0.4, 0.5) is 5.69 Å². The van der Waals surface area contributed by atoms with Gasteiger partial charge in [-0.05, 0) is 71.0 Å². The molecule has 0 radical (unpaired) electrons. The van der Waals surface area contributed by atoms with E-state index in [4.69, 9.17) is 26.4 Å². The number of fused-ring (bicyclic) bond motifs is 1. The number of nitrogens with one attached hydrogen (secondary N) is 1. The summed E-state index contributed by atoms with van der Waals surface area (Å²) in [7, 11) is 3.18. The van der Waals surface area contributed by atoms with Gasteiger partial charge in [-0.3, -0.25) is 4.79 Å². The molecule has 0 unspecified atom stereocenters. The van der Waals surface area contributed by atoms with Crippen LogP contribution in [0.2, 0.25) is 0 Å². The third-order valence-electron chi connectivity index (χ3n) is 5.93. The summed E-state index contributed by atoms with van der Waals surface area (Å²) in [5.41, 5.74) is 2.63. The fraction of sp³-hybridized carbons (Fsp3) is 0.103. The van der Waals surface area contributed by atoms with Crippen molar-refractivity contribution < 1.29 is 19.0 Å². The summed E-state index contributed by atoms with van der Waals surface area (Å²) >= 11 is 5.45. The fourth-order valence-electron chi connectivity index (χ4n) is 4.15. The van der Waals surface area contributed by atoms with E-state index in [1.54, 1.807) is 32.4 Å². The van der Waals surface area contributed by atoms with Gasteiger partial charge in [0.2, 0.25) is 0 Å². The molecular weight excluding hydrogens is 472 g/mol. The first kappa shape index (κ1) is 23.4. The van der Waals surface area contributed by atoms with Gasteiger partial charge in [0.15, 0.2) is 5.11 Å². The molecule has 1 saturated heterocycles. The molecule has 1 heterocycles. The maximum Gasteiger partial charge on any atom is 0.281 e. The Labute approximate surface area is 214 Å². The number of rotatable bonds is 7. The summed E-state index contributed by atoms with van der Waals surface area (Å²) in [6.07, 6.45) is 1.77. The number of para-hydroxylation sites is 2. The van der Waals surface area contributed by atoms with Crippen molar-refractivity contribution in [3.05, 3.63) is 102 Å². The second-order valence-electron chi connectivity index (χ2n) is 8.17. The number of ether oxygens (including phenoxy) is 3. The Morgan fingerprint density at radius 1 is 0.861 bits per heavy atom. The molecule has 4 aromatic rings. The number of hydrogen-bond donors (Lipinski definition) is 1. The summed E-state index contributed by atoms with van der Waals surface area (Å²) in [5, 5.41) is 5.59. The molecule has 1 amide bonds. The lowest BCUT2D eigenvalue weighted by atomic mass is 10.1. The molecule has 0 atom stereocenters. The number of benzene rings is 4. The van der Waals surface area contributed by atoms with Gasteiger partial charge in [-0.15, -0.1) is 0 Å². The number of carbonyl (C=O) groups excluding carboxylic acids is 1. The Kier molecular flexibility index (Phi) is 6.56. The number of methoxy groups -OCH3 is 2. The first-order chi connectivity index (χ1) is 17.6. The highest BCUT2D eigenvalue weighted by molar-refractivity contribution is 7.80. The summed E-state index contributed by atoms with van der Waals surface area (Å²) in [6, 6.07) is 27.1. The molecule has 1 aliphatic rings. The van der Waals surface area contributed by atoms with Gasteiger partial charge in [-0.25, -0.2) is 4.90 Å². The summed E-state index contributed by atoms with van der Waals surface area (Å²) in [6.45, 7) is 0.311. The van der Waals surface area contributed by atoms with Gasteiger partial charge >= 0.3 is 0 Å². The minimum Gasteiger partial charge on any atom is -0.496 e. The molecule has 4 aromatic carbocycles. The average molecular weight is 497 g/mol. The largest absolute Gasteiger partial charge is 0.496 e. The van der Waals surface area contributed by atoms with Crippen molar-refractivity contribution >= 4 is 45.8 Å². The lowest BCUT2D eigenvalue weighted by molar-refractivity contribution is -0.113. The topological polar surface area (TPSA) is 60.0 Å². The molecule has 36 heavy (non-hydrogen) atoms. The van der Waals surface area contributed by atoms with Crippen LogP contribution in [0.1, 0.15) is 11.1 Å². The average Bonchev–Trinajstić information content (AvgIpc) is 3.19. The molecule has 0 spiro atoms. The van der Waals surface area contributed by atoms with Crippen LogP contribution < -0.4 is 24.4 Å². The lowest BCUT2D eigenvalue weighted by Crippen LogP contribution is -2.30. The Morgan fingerprint density at radius 3 is 2.42 bits per heavy atom. The minimum atomic E-state index is -0.255. The van der Waals surface area contributed by atoms with Crippen LogP contribution >= 0.6 is 12.2 Å². The van der Waals surface area contributed by atoms with Crippen LogP contribution in [0.25, 0.3) is 16.8 Å². The van der Waals surface area contributed by atoms with E-state index in [0.29, 0.717) is 34.6 Å². The summed E-state index contributed by atoms with van der Waals surface area (Å²) < 4.78 is 17.0. The van der Waals surface area contributed by atoms with E-state index < -0.39 is 0 Å². The highest BCUT2D eigenvalue weighted by Gasteiger charge is 2.33. The summed E-state index contributed by atoms with van der Waals surface area (Å²) in [4.78, 5) is 14.7. The number of hydrogen-bond acceptors (Lipinski definition) is 5. The number of thiocarbonyl (C=S) groups is 1. The fourth-order valence-corrected chi connectivity index (χ4v) is 4.45. The van der Waals surface area contributed by atoms with Crippen LogP contribution in [0.15, 0.2) is 90.6 Å². The number of anilines is 1. The lowest BCUT2D eigenvalue weighted by Gasteiger charge is -2.17. The van der Waals surface area contributed by atoms with E-state index in [-0.39, 0.29) is 5.91 Å². The SMILES string of the molecule is COc1ccc(/C=C2/NC(=S)N(c3ccccc3OC)C2=O)cc1COc1ccc2ccccc2c1. The molecular formula is C29H24N2O4S. The first-order valence-electron chi connectivity index (χ1n) is 11.4. The van der Waals surface area contributed by atoms with Crippen molar-refractivity contribution in [1.82, 2.24) is 5.32 Å². The molecule has 1 fully saturated rings. The molecule has 5 rings (SSSR count). The smallest absolute Gasteiger partial charge is 0.281 e. The first-order valence-corrected chi connectivity index (χ1v) is 11.8. The number of nitrogens with zero attached hydrogens (tertiary/aromatic N) is 1. The Balaban J connectivity index is 1.39. The summed E-state index contributed by atoms with van der Waals surface area (Å²) in [5.74, 6) is 1.78. The highest BCUT2D eigenvalue weighted by Crippen LogP contribution is 2.32. The Bertz CT molecular complexity index is 1500. The second kappa shape index (κ2) is 10.1. The minimum absolute atomic E-state index is 0.255. The van der Waals surface area contributed by atoms with Gasteiger partial charge in [0, 0.05) is 5.56 Å². The Morgan fingerprint density at radius 2 is 1.61 bits per heavy atom. The van der Waals surface area contributed by atoms with Crippen molar-refractivity contribution in [2.75, 3.05) is 19.1 Å². The highest BCUT2D eigenvalue weighted by atomic mass is 32.1. The second-order valence-corrected chi connectivity index (χ2v) is 8.56. The quantitative estimate of drug-likeness (QED) is 0.262. The molecule has 180 valence electrons. The van der Waals surface area contributed by atoms with E-state index >= 15 is 0 Å². The predicted octanol–water partition coefficient (Wildman–Crippen LogP) is 5.70. The number of carbonyl (C=O) groups is 1.